The van der Waals surface area contributed by atoms with Crippen LogP contribution in [0.4, 0.5) is 0 Å². The summed E-state index contributed by atoms with van der Waals surface area (Å²) in [6, 6.07) is 7.72. The third kappa shape index (κ3) is 3.24. The molecular weight excluding hydrogens is 254 g/mol. The van der Waals surface area contributed by atoms with Gasteiger partial charge in [0.05, 0.1) is 26.0 Å². The molecule has 2 aromatic heterocycles. The molecule has 2 aromatic rings. The molecule has 2 heterocycles. The average molecular weight is 273 g/mol. The minimum atomic E-state index is 0.0707. The highest BCUT2D eigenvalue weighted by Crippen LogP contribution is 2.25. The van der Waals surface area contributed by atoms with E-state index >= 15 is 0 Å². The molecule has 0 fully saturated rings. The molecule has 0 saturated heterocycles. The SMILES string of the molecule is CNC(Cc1ccc(OC)nc1)c1ncccc1OC. The zero-order valence-electron chi connectivity index (χ0n) is 12.0. The van der Waals surface area contributed by atoms with Crippen LogP contribution in [0.25, 0.3) is 0 Å². The third-order valence-electron chi connectivity index (χ3n) is 3.14. The molecule has 106 valence electrons. The number of hydrogen-bond donors (Lipinski definition) is 1. The van der Waals surface area contributed by atoms with E-state index in [2.05, 4.69) is 15.3 Å². The first-order chi connectivity index (χ1) is 9.78. The lowest BCUT2D eigenvalue weighted by atomic mass is 10.0. The van der Waals surface area contributed by atoms with E-state index in [1.807, 2.05) is 37.5 Å². The number of nitrogens with zero attached hydrogens (tertiary/aromatic N) is 2. The Labute approximate surface area is 119 Å². The number of aromatic nitrogens is 2. The molecule has 5 heteroatoms. The van der Waals surface area contributed by atoms with Crippen LogP contribution in [-0.4, -0.2) is 31.2 Å². The van der Waals surface area contributed by atoms with Gasteiger partial charge in [-0.2, -0.15) is 0 Å². The molecule has 0 aliphatic carbocycles. The summed E-state index contributed by atoms with van der Waals surface area (Å²) in [5, 5.41) is 3.27. The molecule has 0 aromatic carbocycles. The topological polar surface area (TPSA) is 56.3 Å². The van der Waals surface area contributed by atoms with E-state index in [4.69, 9.17) is 9.47 Å². The van der Waals surface area contributed by atoms with Crippen LogP contribution in [0, 0.1) is 0 Å². The second kappa shape index (κ2) is 6.86. The van der Waals surface area contributed by atoms with Crippen LogP contribution in [0.15, 0.2) is 36.7 Å². The van der Waals surface area contributed by atoms with Gasteiger partial charge in [-0.25, -0.2) is 4.98 Å². The Balaban J connectivity index is 2.19. The molecule has 5 nitrogen and oxygen atoms in total. The molecule has 1 N–H and O–H groups in total. The van der Waals surface area contributed by atoms with Gasteiger partial charge in [0.25, 0.3) is 0 Å². The minimum absolute atomic E-state index is 0.0707. The fourth-order valence-electron chi connectivity index (χ4n) is 2.06. The largest absolute Gasteiger partial charge is 0.495 e. The van der Waals surface area contributed by atoms with Crippen molar-refractivity contribution in [3.8, 4) is 11.6 Å². The Kier molecular flexibility index (Phi) is 4.90. The highest BCUT2D eigenvalue weighted by atomic mass is 16.5. The maximum Gasteiger partial charge on any atom is 0.212 e. The molecule has 0 radical (unpaired) electrons. The van der Waals surface area contributed by atoms with E-state index in [0.29, 0.717) is 5.88 Å². The summed E-state index contributed by atoms with van der Waals surface area (Å²) in [5.41, 5.74) is 2.01. The van der Waals surface area contributed by atoms with Crippen molar-refractivity contribution in [3.05, 3.63) is 47.9 Å². The number of pyridine rings is 2. The Morgan fingerprint density at radius 2 is 2.00 bits per heavy atom. The Morgan fingerprint density at radius 1 is 1.15 bits per heavy atom. The number of hydrogen-bond acceptors (Lipinski definition) is 5. The molecule has 0 aliphatic heterocycles. The van der Waals surface area contributed by atoms with E-state index in [1.54, 1.807) is 20.4 Å². The van der Waals surface area contributed by atoms with Crippen molar-refractivity contribution in [2.45, 2.75) is 12.5 Å². The summed E-state index contributed by atoms with van der Waals surface area (Å²) in [6.07, 6.45) is 4.37. The number of rotatable bonds is 6. The lowest BCUT2D eigenvalue weighted by Gasteiger charge is -2.18. The van der Waals surface area contributed by atoms with Crippen molar-refractivity contribution in [1.82, 2.24) is 15.3 Å². The average Bonchev–Trinajstić information content (AvgIpc) is 2.53. The van der Waals surface area contributed by atoms with Crippen molar-refractivity contribution in [1.29, 1.82) is 0 Å². The third-order valence-corrected chi connectivity index (χ3v) is 3.14. The van der Waals surface area contributed by atoms with Crippen LogP contribution in [0.1, 0.15) is 17.3 Å². The Bertz CT molecular complexity index is 543. The first-order valence-electron chi connectivity index (χ1n) is 6.43. The fourth-order valence-corrected chi connectivity index (χ4v) is 2.06. The first kappa shape index (κ1) is 14.3. The lowest BCUT2D eigenvalue weighted by molar-refractivity contribution is 0.394. The molecule has 20 heavy (non-hydrogen) atoms. The predicted octanol–water partition coefficient (Wildman–Crippen LogP) is 2.00. The van der Waals surface area contributed by atoms with Crippen molar-refractivity contribution in [2.75, 3.05) is 21.3 Å². The second-order valence-corrected chi connectivity index (χ2v) is 4.35. The molecule has 0 amide bonds. The molecule has 0 saturated carbocycles. The van der Waals surface area contributed by atoms with Crippen LogP contribution in [-0.2, 0) is 6.42 Å². The normalized spacial score (nSPS) is 11.9. The molecular formula is C15H19N3O2. The van der Waals surface area contributed by atoms with Crippen LogP contribution < -0.4 is 14.8 Å². The smallest absolute Gasteiger partial charge is 0.212 e. The van der Waals surface area contributed by atoms with Gasteiger partial charge in [0.1, 0.15) is 5.75 Å². The summed E-state index contributed by atoms with van der Waals surface area (Å²) in [7, 11) is 5.18. The van der Waals surface area contributed by atoms with Crippen molar-refractivity contribution >= 4 is 0 Å². The lowest BCUT2D eigenvalue weighted by Crippen LogP contribution is -2.20. The molecule has 1 atom stereocenters. The maximum absolute atomic E-state index is 5.36. The highest BCUT2D eigenvalue weighted by Gasteiger charge is 2.16. The van der Waals surface area contributed by atoms with E-state index in [0.717, 1.165) is 23.4 Å². The van der Waals surface area contributed by atoms with Crippen molar-refractivity contribution < 1.29 is 9.47 Å². The number of nitrogens with one attached hydrogen (secondary N) is 1. The molecule has 1 unspecified atom stereocenters. The van der Waals surface area contributed by atoms with Crippen LogP contribution in [0.3, 0.4) is 0 Å². The van der Waals surface area contributed by atoms with Crippen LogP contribution >= 0.6 is 0 Å². The highest BCUT2D eigenvalue weighted by molar-refractivity contribution is 5.31. The van der Waals surface area contributed by atoms with Gasteiger partial charge >= 0.3 is 0 Å². The van der Waals surface area contributed by atoms with Gasteiger partial charge in [-0.15, -0.1) is 0 Å². The molecule has 0 aliphatic rings. The molecule has 2 rings (SSSR count). The first-order valence-corrected chi connectivity index (χ1v) is 6.43. The van der Waals surface area contributed by atoms with Gasteiger partial charge in [0.2, 0.25) is 5.88 Å². The van der Waals surface area contributed by atoms with Gasteiger partial charge in [-0.05, 0) is 31.2 Å². The number of likely N-dealkylation sites (N-methyl/N-ethyl adjacent to an activating group) is 1. The van der Waals surface area contributed by atoms with Crippen molar-refractivity contribution in [2.24, 2.45) is 0 Å². The Morgan fingerprint density at radius 3 is 2.60 bits per heavy atom. The summed E-state index contributed by atoms with van der Waals surface area (Å²) >= 11 is 0. The standard InChI is InChI=1S/C15H19N3O2/c1-16-12(15-13(19-2)5-4-8-17-15)9-11-6-7-14(20-3)18-10-11/h4-8,10,12,16H,9H2,1-3H3. The number of ether oxygens (including phenoxy) is 2. The molecule has 0 spiro atoms. The van der Waals surface area contributed by atoms with Gasteiger partial charge < -0.3 is 14.8 Å². The summed E-state index contributed by atoms with van der Waals surface area (Å²) in [4.78, 5) is 8.64. The zero-order valence-corrected chi connectivity index (χ0v) is 12.0. The number of methoxy groups -OCH3 is 2. The second-order valence-electron chi connectivity index (χ2n) is 4.35. The predicted molar refractivity (Wildman–Crippen MR) is 77.1 cm³/mol. The fraction of sp³-hybridized carbons (Fsp3) is 0.333. The Hall–Kier alpha value is -2.14. The zero-order chi connectivity index (χ0) is 14.4. The van der Waals surface area contributed by atoms with E-state index in [-0.39, 0.29) is 6.04 Å². The summed E-state index contributed by atoms with van der Waals surface area (Å²) in [6.45, 7) is 0. The van der Waals surface area contributed by atoms with Crippen LogP contribution in [0.2, 0.25) is 0 Å². The summed E-state index contributed by atoms with van der Waals surface area (Å²) < 4.78 is 10.4. The minimum Gasteiger partial charge on any atom is -0.495 e. The monoisotopic (exact) mass is 273 g/mol. The van der Waals surface area contributed by atoms with E-state index in [1.165, 1.54) is 0 Å². The van der Waals surface area contributed by atoms with E-state index in [9.17, 15) is 0 Å². The van der Waals surface area contributed by atoms with Gasteiger partial charge in [-0.3, -0.25) is 4.98 Å². The van der Waals surface area contributed by atoms with E-state index < -0.39 is 0 Å². The molecule has 0 bridgehead atoms. The van der Waals surface area contributed by atoms with Crippen LogP contribution in [0.5, 0.6) is 11.6 Å². The van der Waals surface area contributed by atoms with Gasteiger partial charge in [0, 0.05) is 18.5 Å². The van der Waals surface area contributed by atoms with Gasteiger partial charge in [-0.1, -0.05) is 6.07 Å². The maximum atomic E-state index is 5.36. The van der Waals surface area contributed by atoms with Crippen molar-refractivity contribution in [3.63, 3.8) is 0 Å². The quantitative estimate of drug-likeness (QED) is 0.872. The summed E-state index contributed by atoms with van der Waals surface area (Å²) in [5.74, 6) is 1.40. The van der Waals surface area contributed by atoms with Gasteiger partial charge in [0.15, 0.2) is 0 Å².